The van der Waals surface area contributed by atoms with Crippen LogP contribution < -0.4 is 5.32 Å². The number of nitrogens with one attached hydrogen (secondary N) is 1. The van der Waals surface area contributed by atoms with Crippen molar-refractivity contribution in [3.63, 3.8) is 0 Å². The van der Waals surface area contributed by atoms with Gasteiger partial charge in [-0.05, 0) is 43.8 Å². The van der Waals surface area contributed by atoms with E-state index >= 15 is 0 Å². The minimum Gasteiger partial charge on any atom is -0.356 e. The Morgan fingerprint density at radius 1 is 1.21 bits per heavy atom. The Kier molecular flexibility index (Phi) is 7.53. The normalized spacial score (nSPS) is 10.7. The van der Waals surface area contributed by atoms with E-state index in [0.717, 1.165) is 38.2 Å². The summed E-state index contributed by atoms with van der Waals surface area (Å²) in [7, 11) is 0. The summed E-state index contributed by atoms with van der Waals surface area (Å²) < 4.78 is 0. The van der Waals surface area contributed by atoms with Crippen molar-refractivity contribution < 1.29 is 4.79 Å². The van der Waals surface area contributed by atoms with Crippen molar-refractivity contribution in [2.75, 3.05) is 26.2 Å². The topological polar surface area (TPSA) is 32.3 Å². The molecule has 4 heteroatoms. The molecule has 0 spiro atoms. The van der Waals surface area contributed by atoms with Gasteiger partial charge in [0, 0.05) is 11.6 Å². The summed E-state index contributed by atoms with van der Waals surface area (Å²) in [5, 5.41) is 3.65. The first-order valence-electron chi connectivity index (χ1n) is 6.89. The van der Waals surface area contributed by atoms with E-state index in [-0.39, 0.29) is 5.91 Å². The van der Waals surface area contributed by atoms with Crippen LogP contribution in [0.5, 0.6) is 0 Å². The molecule has 19 heavy (non-hydrogen) atoms. The van der Waals surface area contributed by atoms with Gasteiger partial charge in [0.1, 0.15) is 0 Å². The molecule has 1 aromatic rings. The minimum absolute atomic E-state index is 0.0712. The van der Waals surface area contributed by atoms with Crippen LogP contribution >= 0.6 is 11.6 Å². The second-order valence-corrected chi connectivity index (χ2v) is 4.97. The van der Waals surface area contributed by atoms with Crippen LogP contribution in [-0.2, 0) is 11.2 Å². The van der Waals surface area contributed by atoms with Gasteiger partial charge in [-0.25, -0.2) is 0 Å². The SMILES string of the molecule is CCN(CC)CCCNC(=O)Cc1ccc(Cl)cc1. The molecule has 3 nitrogen and oxygen atoms in total. The van der Waals surface area contributed by atoms with E-state index in [4.69, 9.17) is 11.6 Å². The van der Waals surface area contributed by atoms with Gasteiger partial charge in [-0.3, -0.25) is 4.79 Å². The van der Waals surface area contributed by atoms with Crippen LogP contribution in [0.2, 0.25) is 5.02 Å². The van der Waals surface area contributed by atoms with Gasteiger partial charge < -0.3 is 10.2 Å². The Labute approximate surface area is 120 Å². The van der Waals surface area contributed by atoms with E-state index in [1.807, 2.05) is 24.3 Å². The molecular weight excluding hydrogens is 260 g/mol. The van der Waals surface area contributed by atoms with Crippen LogP contribution in [-0.4, -0.2) is 37.0 Å². The molecule has 1 amide bonds. The number of carbonyl (C=O) groups excluding carboxylic acids is 1. The largest absolute Gasteiger partial charge is 0.356 e. The van der Waals surface area contributed by atoms with Gasteiger partial charge in [0.2, 0.25) is 5.91 Å². The van der Waals surface area contributed by atoms with Crippen molar-refractivity contribution in [3.05, 3.63) is 34.9 Å². The third kappa shape index (κ3) is 6.60. The third-order valence-electron chi connectivity index (χ3n) is 3.15. The molecule has 0 saturated carbocycles. The molecule has 0 saturated heterocycles. The van der Waals surface area contributed by atoms with Gasteiger partial charge in [0.25, 0.3) is 0 Å². The highest BCUT2D eigenvalue weighted by Crippen LogP contribution is 2.09. The maximum absolute atomic E-state index is 11.7. The van der Waals surface area contributed by atoms with E-state index in [0.29, 0.717) is 11.4 Å². The Morgan fingerprint density at radius 3 is 2.42 bits per heavy atom. The van der Waals surface area contributed by atoms with Gasteiger partial charge in [0.05, 0.1) is 6.42 Å². The fourth-order valence-electron chi connectivity index (χ4n) is 1.92. The monoisotopic (exact) mass is 282 g/mol. The Balaban J connectivity index is 2.19. The maximum atomic E-state index is 11.7. The maximum Gasteiger partial charge on any atom is 0.224 e. The smallest absolute Gasteiger partial charge is 0.224 e. The van der Waals surface area contributed by atoms with Crippen LogP contribution in [0.3, 0.4) is 0 Å². The number of benzene rings is 1. The van der Waals surface area contributed by atoms with E-state index < -0.39 is 0 Å². The second kappa shape index (κ2) is 8.94. The van der Waals surface area contributed by atoms with Gasteiger partial charge in [-0.1, -0.05) is 37.6 Å². The lowest BCUT2D eigenvalue weighted by Gasteiger charge is -2.17. The molecule has 1 N–H and O–H groups in total. The lowest BCUT2D eigenvalue weighted by molar-refractivity contribution is -0.120. The summed E-state index contributed by atoms with van der Waals surface area (Å²) in [6.07, 6.45) is 1.41. The molecule has 0 aliphatic heterocycles. The fraction of sp³-hybridized carbons (Fsp3) is 0.533. The summed E-state index contributed by atoms with van der Waals surface area (Å²) in [5.41, 5.74) is 0.991. The average Bonchev–Trinajstić information content (AvgIpc) is 2.42. The predicted molar refractivity (Wildman–Crippen MR) is 80.6 cm³/mol. The number of carbonyl (C=O) groups is 1. The zero-order valence-corrected chi connectivity index (χ0v) is 12.5. The molecule has 0 unspecified atom stereocenters. The average molecular weight is 283 g/mol. The molecule has 0 radical (unpaired) electrons. The van der Waals surface area contributed by atoms with Gasteiger partial charge in [-0.15, -0.1) is 0 Å². The zero-order valence-electron chi connectivity index (χ0n) is 11.8. The first-order valence-corrected chi connectivity index (χ1v) is 7.27. The molecule has 0 aliphatic carbocycles. The summed E-state index contributed by atoms with van der Waals surface area (Å²) in [4.78, 5) is 14.1. The molecule has 0 fully saturated rings. The van der Waals surface area contributed by atoms with E-state index in [9.17, 15) is 4.79 Å². The molecule has 0 atom stereocenters. The highest BCUT2D eigenvalue weighted by Gasteiger charge is 2.03. The first kappa shape index (κ1) is 16.0. The molecular formula is C15H23ClN2O. The van der Waals surface area contributed by atoms with E-state index in [1.165, 1.54) is 0 Å². The summed E-state index contributed by atoms with van der Waals surface area (Å²) in [5.74, 6) is 0.0712. The van der Waals surface area contributed by atoms with Crippen molar-refractivity contribution in [1.82, 2.24) is 10.2 Å². The fourth-order valence-corrected chi connectivity index (χ4v) is 2.05. The Hall–Kier alpha value is -1.06. The number of halogens is 1. The first-order chi connectivity index (χ1) is 9.15. The Bertz CT molecular complexity index is 374. The highest BCUT2D eigenvalue weighted by atomic mass is 35.5. The summed E-state index contributed by atoms with van der Waals surface area (Å²) >= 11 is 5.80. The lowest BCUT2D eigenvalue weighted by atomic mass is 10.1. The summed E-state index contributed by atoms with van der Waals surface area (Å²) in [6.45, 7) is 8.22. The molecule has 0 aliphatic rings. The van der Waals surface area contributed by atoms with Crippen LogP contribution in [0, 0.1) is 0 Å². The zero-order chi connectivity index (χ0) is 14.1. The second-order valence-electron chi connectivity index (χ2n) is 4.53. The highest BCUT2D eigenvalue weighted by molar-refractivity contribution is 6.30. The van der Waals surface area contributed by atoms with E-state index in [2.05, 4.69) is 24.1 Å². The number of rotatable bonds is 8. The number of nitrogens with zero attached hydrogens (tertiary/aromatic N) is 1. The lowest BCUT2D eigenvalue weighted by Crippen LogP contribution is -2.30. The molecule has 1 rings (SSSR count). The number of amides is 1. The van der Waals surface area contributed by atoms with Gasteiger partial charge >= 0.3 is 0 Å². The summed E-state index contributed by atoms with van der Waals surface area (Å²) in [6, 6.07) is 7.39. The molecule has 106 valence electrons. The van der Waals surface area contributed by atoms with Crippen molar-refractivity contribution in [2.24, 2.45) is 0 Å². The number of hydrogen-bond donors (Lipinski definition) is 1. The minimum atomic E-state index is 0.0712. The van der Waals surface area contributed by atoms with Crippen molar-refractivity contribution >= 4 is 17.5 Å². The van der Waals surface area contributed by atoms with Crippen LogP contribution in [0.25, 0.3) is 0 Å². The van der Waals surface area contributed by atoms with E-state index in [1.54, 1.807) is 0 Å². The van der Waals surface area contributed by atoms with Crippen molar-refractivity contribution in [2.45, 2.75) is 26.7 Å². The van der Waals surface area contributed by atoms with Crippen LogP contribution in [0.15, 0.2) is 24.3 Å². The van der Waals surface area contributed by atoms with Gasteiger partial charge in [-0.2, -0.15) is 0 Å². The van der Waals surface area contributed by atoms with Crippen molar-refractivity contribution in [3.8, 4) is 0 Å². The van der Waals surface area contributed by atoms with Crippen LogP contribution in [0.4, 0.5) is 0 Å². The third-order valence-corrected chi connectivity index (χ3v) is 3.40. The molecule has 1 aromatic carbocycles. The predicted octanol–water partition coefficient (Wildman–Crippen LogP) is 2.73. The van der Waals surface area contributed by atoms with Crippen LogP contribution in [0.1, 0.15) is 25.8 Å². The molecule has 0 heterocycles. The Morgan fingerprint density at radius 2 is 1.84 bits per heavy atom. The standard InChI is InChI=1S/C15H23ClN2O/c1-3-18(4-2)11-5-10-17-15(19)12-13-6-8-14(16)9-7-13/h6-9H,3-5,10-12H2,1-2H3,(H,17,19). The molecule has 0 aromatic heterocycles. The quantitative estimate of drug-likeness (QED) is 0.744. The van der Waals surface area contributed by atoms with Gasteiger partial charge in [0.15, 0.2) is 0 Å². The molecule has 0 bridgehead atoms. The van der Waals surface area contributed by atoms with Crippen molar-refractivity contribution in [1.29, 1.82) is 0 Å². The number of hydrogen-bond acceptors (Lipinski definition) is 2.